The van der Waals surface area contributed by atoms with Crippen LogP contribution in [0.25, 0.3) is 0 Å². The smallest absolute Gasteiger partial charge is 0.338 e. The highest BCUT2D eigenvalue weighted by Crippen LogP contribution is 2.32. The SMILES string of the molecule is O=C(OCC(=O)c1ccccc1F)c1ccc2c(c1)OCO2. The van der Waals surface area contributed by atoms with E-state index in [9.17, 15) is 14.0 Å². The second kappa shape index (κ2) is 5.85. The van der Waals surface area contributed by atoms with Gasteiger partial charge in [0.2, 0.25) is 12.6 Å². The van der Waals surface area contributed by atoms with E-state index in [0.29, 0.717) is 11.5 Å². The summed E-state index contributed by atoms with van der Waals surface area (Å²) in [4.78, 5) is 23.7. The van der Waals surface area contributed by atoms with Crippen molar-refractivity contribution in [1.82, 2.24) is 0 Å². The Hall–Kier alpha value is -2.89. The molecule has 22 heavy (non-hydrogen) atoms. The van der Waals surface area contributed by atoms with Crippen molar-refractivity contribution in [3.63, 3.8) is 0 Å². The Balaban J connectivity index is 1.65. The average molecular weight is 302 g/mol. The summed E-state index contributed by atoms with van der Waals surface area (Å²) in [6.45, 7) is -0.437. The van der Waals surface area contributed by atoms with Crippen LogP contribution in [0, 0.1) is 5.82 Å². The number of carbonyl (C=O) groups excluding carboxylic acids is 2. The lowest BCUT2D eigenvalue weighted by Crippen LogP contribution is -2.15. The van der Waals surface area contributed by atoms with E-state index in [1.54, 1.807) is 6.07 Å². The summed E-state index contributed by atoms with van der Waals surface area (Å²) < 4.78 is 28.6. The van der Waals surface area contributed by atoms with Crippen LogP contribution in [-0.4, -0.2) is 25.2 Å². The van der Waals surface area contributed by atoms with E-state index >= 15 is 0 Å². The lowest BCUT2D eigenvalue weighted by Gasteiger charge is -2.06. The maximum atomic E-state index is 13.4. The Kier molecular flexibility index (Phi) is 3.74. The van der Waals surface area contributed by atoms with Crippen molar-refractivity contribution in [2.45, 2.75) is 0 Å². The van der Waals surface area contributed by atoms with Gasteiger partial charge in [0.25, 0.3) is 0 Å². The molecule has 5 nitrogen and oxygen atoms in total. The molecule has 0 spiro atoms. The molecule has 6 heteroatoms. The van der Waals surface area contributed by atoms with E-state index in [4.69, 9.17) is 14.2 Å². The Morgan fingerprint density at radius 3 is 2.68 bits per heavy atom. The van der Waals surface area contributed by atoms with Gasteiger partial charge in [-0.15, -0.1) is 0 Å². The number of benzene rings is 2. The van der Waals surface area contributed by atoms with Gasteiger partial charge in [-0.3, -0.25) is 4.79 Å². The molecule has 0 radical (unpaired) electrons. The summed E-state index contributed by atoms with van der Waals surface area (Å²) in [5.41, 5.74) is 0.117. The quantitative estimate of drug-likeness (QED) is 0.641. The lowest BCUT2D eigenvalue weighted by atomic mass is 10.1. The van der Waals surface area contributed by atoms with Crippen molar-refractivity contribution in [2.24, 2.45) is 0 Å². The monoisotopic (exact) mass is 302 g/mol. The van der Waals surface area contributed by atoms with Gasteiger partial charge in [0, 0.05) is 0 Å². The summed E-state index contributed by atoms with van der Waals surface area (Å²) in [6, 6.07) is 10.1. The molecule has 112 valence electrons. The van der Waals surface area contributed by atoms with Crippen LogP contribution >= 0.6 is 0 Å². The van der Waals surface area contributed by atoms with Crippen LogP contribution in [0.5, 0.6) is 11.5 Å². The van der Waals surface area contributed by atoms with Crippen molar-refractivity contribution >= 4 is 11.8 Å². The second-order valence-electron chi connectivity index (χ2n) is 4.55. The highest BCUT2D eigenvalue weighted by Gasteiger charge is 2.18. The fourth-order valence-electron chi connectivity index (χ4n) is 2.00. The van der Waals surface area contributed by atoms with Crippen molar-refractivity contribution in [1.29, 1.82) is 0 Å². The van der Waals surface area contributed by atoms with E-state index in [2.05, 4.69) is 0 Å². The fraction of sp³-hybridized carbons (Fsp3) is 0.125. The van der Waals surface area contributed by atoms with Crippen molar-refractivity contribution in [3.05, 3.63) is 59.4 Å². The van der Waals surface area contributed by atoms with Crippen LogP contribution in [-0.2, 0) is 4.74 Å². The summed E-state index contributed by atoms with van der Waals surface area (Å²) in [5, 5.41) is 0. The van der Waals surface area contributed by atoms with Gasteiger partial charge in [0.1, 0.15) is 5.82 Å². The van der Waals surface area contributed by atoms with E-state index in [-0.39, 0.29) is 17.9 Å². The standard InChI is InChI=1S/C16H11FO5/c17-12-4-2-1-3-11(12)13(18)8-20-16(19)10-5-6-14-15(7-10)22-9-21-14/h1-7H,8-9H2. The third-order valence-corrected chi connectivity index (χ3v) is 3.12. The van der Waals surface area contributed by atoms with Gasteiger partial charge in [-0.1, -0.05) is 12.1 Å². The Morgan fingerprint density at radius 1 is 1.09 bits per heavy atom. The normalized spacial score (nSPS) is 12.0. The molecule has 2 aromatic carbocycles. The molecule has 3 rings (SSSR count). The minimum absolute atomic E-state index is 0.0968. The number of rotatable bonds is 4. The number of halogens is 1. The molecule has 2 aromatic rings. The molecule has 1 heterocycles. The average Bonchev–Trinajstić information content (AvgIpc) is 3.00. The Labute approximate surface area is 125 Å². The summed E-state index contributed by atoms with van der Waals surface area (Å²) in [5.74, 6) is -0.962. The van der Waals surface area contributed by atoms with Crippen LogP contribution in [0.1, 0.15) is 20.7 Å². The van der Waals surface area contributed by atoms with Crippen LogP contribution in [0.2, 0.25) is 0 Å². The predicted octanol–water partition coefficient (Wildman–Crippen LogP) is 2.59. The van der Waals surface area contributed by atoms with Crippen LogP contribution < -0.4 is 9.47 Å². The lowest BCUT2D eigenvalue weighted by molar-refractivity contribution is 0.0473. The molecular formula is C16H11FO5. The molecule has 1 aliphatic rings. The number of ketones is 1. The van der Waals surface area contributed by atoms with Gasteiger partial charge < -0.3 is 14.2 Å². The summed E-state index contributed by atoms with van der Waals surface area (Å²) >= 11 is 0. The molecule has 0 unspecified atom stereocenters. The van der Waals surface area contributed by atoms with Crippen molar-refractivity contribution < 1.29 is 28.2 Å². The Morgan fingerprint density at radius 2 is 1.86 bits per heavy atom. The first-order chi connectivity index (χ1) is 10.6. The van der Waals surface area contributed by atoms with Gasteiger partial charge in [0.15, 0.2) is 18.1 Å². The van der Waals surface area contributed by atoms with Crippen LogP contribution in [0.15, 0.2) is 42.5 Å². The highest BCUT2D eigenvalue weighted by atomic mass is 19.1. The number of carbonyl (C=O) groups is 2. The van der Waals surface area contributed by atoms with Crippen LogP contribution in [0.3, 0.4) is 0 Å². The van der Waals surface area contributed by atoms with E-state index in [1.165, 1.54) is 36.4 Å². The first-order valence-electron chi connectivity index (χ1n) is 6.49. The Bertz CT molecular complexity index is 741. The van der Waals surface area contributed by atoms with Crippen molar-refractivity contribution in [2.75, 3.05) is 13.4 Å². The highest BCUT2D eigenvalue weighted by molar-refractivity contribution is 5.99. The van der Waals surface area contributed by atoms with Gasteiger partial charge in [0.05, 0.1) is 11.1 Å². The zero-order valence-electron chi connectivity index (χ0n) is 11.4. The third kappa shape index (κ3) is 2.76. The molecule has 0 atom stereocenters. The maximum absolute atomic E-state index is 13.4. The van der Waals surface area contributed by atoms with Crippen LogP contribution in [0.4, 0.5) is 4.39 Å². The third-order valence-electron chi connectivity index (χ3n) is 3.12. The predicted molar refractivity (Wildman–Crippen MR) is 73.6 cm³/mol. The molecule has 0 aromatic heterocycles. The molecule has 0 aliphatic carbocycles. The number of hydrogen-bond donors (Lipinski definition) is 0. The number of esters is 1. The summed E-state index contributed by atoms with van der Waals surface area (Å²) in [7, 11) is 0. The maximum Gasteiger partial charge on any atom is 0.338 e. The zero-order valence-corrected chi connectivity index (χ0v) is 11.4. The number of fused-ring (bicyclic) bond motifs is 1. The number of ether oxygens (including phenoxy) is 3. The molecule has 0 N–H and O–H groups in total. The largest absolute Gasteiger partial charge is 0.454 e. The number of Topliss-reactive ketones (excluding diaryl/α,β-unsaturated/α-hetero) is 1. The molecule has 0 bridgehead atoms. The molecule has 0 saturated heterocycles. The molecule has 1 aliphatic heterocycles. The van der Waals surface area contributed by atoms with E-state index in [0.717, 1.165) is 0 Å². The number of hydrogen-bond acceptors (Lipinski definition) is 5. The molecular weight excluding hydrogens is 291 g/mol. The minimum atomic E-state index is -0.692. The summed E-state index contributed by atoms with van der Waals surface area (Å²) in [6.07, 6.45) is 0. The van der Waals surface area contributed by atoms with Crippen molar-refractivity contribution in [3.8, 4) is 11.5 Å². The molecule has 0 saturated carbocycles. The van der Waals surface area contributed by atoms with Gasteiger partial charge in [-0.25, -0.2) is 9.18 Å². The minimum Gasteiger partial charge on any atom is -0.454 e. The topological polar surface area (TPSA) is 61.8 Å². The van der Waals surface area contributed by atoms with Gasteiger partial charge in [-0.2, -0.15) is 0 Å². The second-order valence-corrected chi connectivity index (χ2v) is 4.55. The fourth-order valence-corrected chi connectivity index (χ4v) is 2.00. The molecule has 0 fully saturated rings. The first kappa shape index (κ1) is 14.1. The zero-order chi connectivity index (χ0) is 15.5. The van der Waals surface area contributed by atoms with Gasteiger partial charge in [-0.05, 0) is 30.3 Å². The van der Waals surface area contributed by atoms with Gasteiger partial charge >= 0.3 is 5.97 Å². The van der Waals surface area contributed by atoms with E-state index < -0.39 is 24.2 Å². The molecule has 0 amide bonds. The van der Waals surface area contributed by atoms with E-state index in [1.807, 2.05) is 0 Å². The first-order valence-corrected chi connectivity index (χ1v) is 6.49.